The topological polar surface area (TPSA) is 6.48 Å². The Kier molecular flexibility index (Phi) is 9.85. The molecule has 216 valence electrons. The van der Waals surface area contributed by atoms with Crippen LogP contribution in [0.1, 0.15) is 140 Å². The van der Waals surface area contributed by atoms with Gasteiger partial charge in [0.25, 0.3) is 0 Å². The monoisotopic (exact) mass is 538 g/mol. The van der Waals surface area contributed by atoms with Crippen LogP contribution >= 0.6 is 0 Å². The van der Waals surface area contributed by atoms with Crippen LogP contribution in [0.2, 0.25) is 0 Å². The van der Waals surface area contributed by atoms with Crippen molar-refractivity contribution in [3.63, 3.8) is 0 Å². The highest BCUT2D eigenvalue weighted by Crippen LogP contribution is 2.44. The molecule has 2 heteroatoms. The van der Waals surface area contributed by atoms with Gasteiger partial charge in [-0.3, -0.25) is 0 Å². The summed E-state index contributed by atoms with van der Waals surface area (Å²) in [7, 11) is 0. The first-order valence-electron chi connectivity index (χ1n) is 17.3. The zero-order valence-corrected chi connectivity index (χ0v) is 25.1. The smallest absolute Gasteiger partial charge is 0.0689 e. The van der Waals surface area contributed by atoms with E-state index >= 15 is 0 Å². The number of nitrogens with zero attached hydrogens (tertiary/aromatic N) is 2. The van der Waals surface area contributed by atoms with Gasteiger partial charge in [-0.25, -0.2) is 0 Å². The predicted octanol–water partition coefficient (Wildman–Crippen LogP) is 10.4. The van der Waals surface area contributed by atoms with Gasteiger partial charge in [0, 0.05) is 24.2 Å². The minimum Gasteiger partial charge on any atom is -0.363 e. The molecule has 0 aliphatic heterocycles. The van der Waals surface area contributed by atoms with Gasteiger partial charge in [0.2, 0.25) is 0 Å². The molecule has 0 atom stereocenters. The predicted molar refractivity (Wildman–Crippen MR) is 171 cm³/mol. The Labute approximate surface area is 245 Å². The Balaban J connectivity index is 1.59. The highest BCUT2D eigenvalue weighted by atomic mass is 15.3. The first-order valence-corrected chi connectivity index (χ1v) is 17.3. The molecule has 2 aromatic rings. The molecule has 2 aromatic carbocycles. The van der Waals surface area contributed by atoms with Gasteiger partial charge in [-0.05, 0) is 62.5 Å². The lowest BCUT2D eigenvalue weighted by Gasteiger charge is -2.50. The van der Waals surface area contributed by atoms with Gasteiger partial charge >= 0.3 is 0 Å². The second kappa shape index (κ2) is 14.1. The van der Waals surface area contributed by atoms with E-state index in [1.165, 1.54) is 140 Å². The number of hydrogen-bond donors (Lipinski definition) is 0. The lowest BCUT2D eigenvalue weighted by Crippen LogP contribution is -2.48. The fraction of sp³-hybridized carbons (Fsp3) is 0.632. The molecular weight excluding hydrogens is 484 g/mol. The summed E-state index contributed by atoms with van der Waals surface area (Å²) in [6.45, 7) is 0. The number of rotatable bonds is 8. The second-order valence-electron chi connectivity index (χ2n) is 13.4. The van der Waals surface area contributed by atoms with Gasteiger partial charge in [0.1, 0.15) is 0 Å². The van der Waals surface area contributed by atoms with Crippen LogP contribution in [0.3, 0.4) is 0 Å². The maximum atomic E-state index is 3.06. The van der Waals surface area contributed by atoms with E-state index in [4.69, 9.17) is 0 Å². The maximum absolute atomic E-state index is 3.06. The minimum absolute atomic E-state index is 0.672. The van der Waals surface area contributed by atoms with Crippen LogP contribution in [0.25, 0.3) is 11.4 Å². The summed E-state index contributed by atoms with van der Waals surface area (Å²) < 4.78 is 0. The third-order valence-corrected chi connectivity index (χ3v) is 10.7. The highest BCUT2D eigenvalue weighted by molar-refractivity contribution is 5.89. The molecule has 0 bridgehead atoms. The Bertz CT molecular complexity index is 914. The average molecular weight is 539 g/mol. The lowest BCUT2D eigenvalue weighted by molar-refractivity contribution is 0.131. The normalized spacial score (nSPS) is 23.0. The van der Waals surface area contributed by atoms with E-state index in [1.54, 1.807) is 11.4 Å². The van der Waals surface area contributed by atoms with Crippen LogP contribution in [0, 0.1) is 0 Å². The van der Waals surface area contributed by atoms with E-state index < -0.39 is 0 Å². The Morgan fingerprint density at radius 2 is 0.600 bits per heavy atom. The third-order valence-electron chi connectivity index (χ3n) is 10.7. The van der Waals surface area contributed by atoms with Crippen molar-refractivity contribution >= 4 is 11.4 Å². The molecule has 4 fully saturated rings. The fourth-order valence-corrected chi connectivity index (χ4v) is 8.77. The Morgan fingerprint density at radius 1 is 0.350 bits per heavy atom. The maximum Gasteiger partial charge on any atom is 0.0689 e. The van der Waals surface area contributed by atoms with E-state index in [9.17, 15) is 0 Å². The summed E-state index contributed by atoms with van der Waals surface area (Å²) >= 11 is 0. The van der Waals surface area contributed by atoms with Gasteiger partial charge in [0.15, 0.2) is 0 Å². The van der Waals surface area contributed by atoms with E-state index in [0.717, 1.165) is 0 Å². The number of hydrogen-bond acceptors (Lipinski definition) is 2. The van der Waals surface area contributed by atoms with Crippen LogP contribution in [-0.2, 0) is 0 Å². The van der Waals surface area contributed by atoms with Crippen LogP contribution in [0.15, 0.2) is 60.7 Å². The molecule has 4 aliphatic carbocycles. The second-order valence-corrected chi connectivity index (χ2v) is 13.4. The molecule has 0 unspecified atom stereocenters. The summed E-state index contributed by atoms with van der Waals surface area (Å²) in [5.41, 5.74) is 6.08. The van der Waals surface area contributed by atoms with Crippen LogP contribution in [-0.4, -0.2) is 34.0 Å². The summed E-state index contributed by atoms with van der Waals surface area (Å²) in [5.74, 6) is 0. The first kappa shape index (κ1) is 27.9. The molecule has 0 heterocycles. The molecule has 0 saturated heterocycles. The molecule has 6 rings (SSSR count). The lowest BCUT2D eigenvalue weighted by atomic mass is 9.84. The average Bonchev–Trinajstić information content (AvgIpc) is 3.05. The molecule has 0 N–H and O–H groups in total. The van der Waals surface area contributed by atoms with Gasteiger partial charge in [0.05, 0.1) is 11.4 Å². The van der Waals surface area contributed by atoms with Crippen molar-refractivity contribution in [2.45, 2.75) is 153 Å². The molecule has 4 aliphatic rings. The quantitative estimate of drug-likeness (QED) is 0.308. The summed E-state index contributed by atoms with van der Waals surface area (Å²) in [4.78, 5) is 6.13. The molecule has 0 radical (unpaired) electrons. The molecule has 40 heavy (non-hydrogen) atoms. The van der Waals surface area contributed by atoms with Crippen LogP contribution in [0.4, 0.5) is 0 Å². The van der Waals surface area contributed by atoms with Crippen molar-refractivity contribution < 1.29 is 0 Å². The van der Waals surface area contributed by atoms with Crippen molar-refractivity contribution in [2.75, 3.05) is 0 Å². The highest BCUT2D eigenvalue weighted by Gasteiger charge is 2.38. The van der Waals surface area contributed by atoms with Gasteiger partial charge < -0.3 is 9.80 Å². The van der Waals surface area contributed by atoms with E-state index in [2.05, 4.69) is 70.5 Å². The standard InChI is InChI=1S/C38H54N2/c1-7-19-31(20-8-1)37(39(33-23-11-3-12-24-33)34-25-13-4-14-26-34)38(32-21-9-2-10-22-32)40(35-27-15-5-16-28-35)36-29-17-6-18-30-36/h1-2,7-10,19-22,33-36H,3-6,11-18,23-30H2/b38-37+. The third kappa shape index (κ3) is 6.47. The number of benzene rings is 2. The molecule has 0 amide bonds. The van der Waals surface area contributed by atoms with Crippen LogP contribution in [0.5, 0.6) is 0 Å². The summed E-state index contributed by atoms with van der Waals surface area (Å²) in [6, 6.07) is 26.1. The van der Waals surface area contributed by atoms with Crippen molar-refractivity contribution in [3.8, 4) is 0 Å². The van der Waals surface area contributed by atoms with Crippen molar-refractivity contribution in [3.05, 3.63) is 71.8 Å². The molecule has 0 aromatic heterocycles. The zero-order valence-electron chi connectivity index (χ0n) is 25.1. The largest absolute Gasteiger partial charge is 0.363 e. The van der Waals surface area contributed by atoms with Crippen molar-refractivity contribution in [1.82, 2.24) is 9.80 Å². The minimum atomic E-state index is 0.672. The van der Waals surface area contributed by atoms with E-state index in [-0.39, 0.29) is 0 Å². The van der Waals surface area contributed by atoms with E-state index in [0.29, 0.717) is 24.2 Å². The summed E-state index contributed by atoms with van der Waals surface area (Å²) in [6.07, 6.45) is 27.7. The van der Waals surface area contributed by atoms with Crippen molar-refractivity contribution in [2.24, 2.45) is 0 Å². The molecular formula is C38H54N2. The Morgan fingerprint density at radius 3 is 0.850 bits per heavy atom. The molecule has 4 saturated carbocycles. The molecule has 2 nitrogen and oxygen atoms in total. The van der Waals surface area contributed by atoms with E-state index in [1.807, 2.05) is 0 Å². The van der Waals surface area contributed by atoms with Crippen molar-refractivity contribution in [1.29, 1.82) is 0 Å². The van der Waals surface area contributed by atoms with Crippen LogP contribution < -0.4 is 0 Å². The first-order chi connectivity index (χ1) is 19.9. The van der Waals surface area contributed by atoms with Gasteiger partial charge in [-0.15, -0.1) is 0 Å². The van der Waals surface area contributed by atoms with Gasteiger partial charge in [-0.2, -0.15) is 0 Å². The SMILES string of the molecule is c1ccc(/C(=C(/c2ccccc2)N(C2CCCCC2)C2CCCCC2)N(C2CCCCC2)C2CCCCC2)cc1. The fourth-order valence-electron chi connectivity index (χ4n) is 8.77. The summed E-state index contributed by atoms with van der Waals surface area (Å²) in [5, 5.41) is 0. The zero-order chi connectivity index (χ0) is 27.0. The van der Waals surface area contributed by atoms with Gasteiger partial charge in [-0.1, -0.05) is 138 Å². The Hall–Kier alpha value is -2.22. The molecule has 0 spiro atoms.